The standard InChI is InChI=1S/C8H7BrO4S/c9-4-1-6(14-3-4)5(8(12)13)2-7(10)11/h1,3,5H,2H2,(H,10,11)(H,12,13). The first kappa shape index (κ1) is 11.2. The van der Waals surface area contributed by atoms with Gasteiger partial charge in [0, 0.05) is 14.7 Å². The van der Waals surface area contributed by atoms with Gasteiger partial charge in [-0.1, -0.05) is 0 Å². The topological polar surface area (TPSA) is 74.6 Å². The SMILES string of the molecule is O=C(O)CC(C(=O)O)c1cc(Br)cs1. The second kappa shape index (κ2) is 4.56. The Morgan fingerprint density at radius 3 is 2.50 bits per heavy atom. The molecule has 1 heterocycles. The minimum atomic E-state index is -1.11. The van der Waals surface area contributed by atoms with E-state index >= 15 is 0 Å². The summed E-state index contributed by atoms with van der Waals surface area (Å²) in [5, 5.41) is 19.1. The molecule has 6 heteroatoms. The van der Waals surface area contributed by atoms with Crippen LogP contribution in [0.5, 0.6) is 0 Å². The highest BCUT2D eigenvalue weighted by atomic mass is 79.9. The average Bonchev–Trinajstić information content (AvgIpc) is 2.46. The molecule has 0 radical (unpaired) electrons. The van der Waals surface area contributed by atoms with E-state index < -0.39 is 17.9 Å². The van der Waals surface area contributed by atoms with Crippen molar-refractivity contribution >= 4 is 39.2 Å². The zero-order valence-electron chi connectivity index (χ0n) is 6.94. The number of rotatable bonds is 4. The van der Waals surface area contributed by atoms with Crippen LogP contribution < -0.4 is 0 Å². The summed E-state index contributed by atoms with van der Waals surface area (Å²) in [6.07, 6.45) is -0.387. The van der Waals surface area contributed by atoms with Crippen molar-refractivity contribution in [1.29, 1.82) is 0 Å². The molecule has 0 aliphatic rings. The van der Waals surface area contributed by atoms with Crippen LogP contribution in [0, 0.1) is 0 Å². The number of carboxylic acid groups (broad SMARTS) is 2. The van der Waals surface area contributed by atoms with E-state index in [0.29, 0.717) is 4.88 Å². The number of carbonyl (C=O) groups is 2. The molecule has 0 spiro atoms. The largest absolute Gasteiger partial charge is 0.481 e. The number of carboxylic acids is 2. The predicted octanol–water partition coefficient (Wildman–Crippen LogP) is 2.15. The van der Waals surface area contributed by atoms with Gasteiger partial charge < -0.3 is 10.2 Å². The van der Waals surface area contributed by atoms with Gasteiger partial charge in [0.2, 0.25) is 0 Å². The van der Waals surface area contributed by atoms with E-state index in [1.165, 1.54) is 11.3 Å². The maximum absolute atomic E-state index is 10.8. The third-order valence-corrected chi connectivity index (χ3v) is 3.42. The van der Waals surface area contributed by atoms with Crippen molar-refractivity contribution in [3.63, 3.8) is 0 Å². The summed E-state index contributed by atoms with van der Waals surface area (Å²) in [5.74, 6) is -3.17. The highest BCUT2D eigenvalue weighted by molar-refractivity contribution is 9.10. The second-order valence-electron chi connectivity index (χ2n) is 2.66. The molecule has 0 aromatic carbocycles. The third kappa shape index (κ3) is 2.81. The minimum Gasteiger partial charge on any atom is -0.481 e. The first-order chi connectivity index (χ1) is 6.50. The van der Waals surface area contributed by atoms with E-state index in [4.69, 9.17) is 10.2 Å². The van der Waals surface area contributed by atoms with Gasteiger partial charge in [-0.25, -0.2) is 0 Å². The van der Waals surface area contributed by atoms with Gasteiger partial charge in [0.1, 0.15) is 5.92 Å². The van der Waals surface area contributed by atoms with Crippen LogP contribution in [0.15, 0.2) is 15.9 Å². The van der Waals surface area contributed by atoms with Crippen LogP contribution >= 0.6 is 27.3 Å². The van der Waals surface area contributed by atoms with Crippen molar-refractivity contribution in [2.45, 2.75) is 12.3 Å². The number of hydrogen-bond donors (Lipinski definition) is 2. The molecule has 4 nitrogen and oxygen atoms in total. The van der Waals surface area contributed by atoms with Gasteiger partial charge >= 0.3 is 11.9 Å². The van der Waals surface area contributed by atoms with E-state index in [1.54, 1.807) is 11.4 Å². The van der Waals surface area contributed by atoms with Crippen molar-refractivity contribution in [2.24, 2.45) is 0 Å². The van der Waals surface area contributed by atoms with Crippen molar-refractivity contribution < 1.29 is 19.8 Å². The molecule has 2 N–H and O–H groups in total. The maximum atomic E-state index is 10.8. The summed E-state index contributed by atoms with van der Waals surface area (Å²) in [7, 11) is 0. The Kier molecular flexibility index (Phi) is 3.65. The van der Waals surface area contributed by atoms with Gasteiger partial charge in [0.05, 0.1) is 6.42 Å². The monoisotopic (exact) mass is 278 g/mol. The summed E-state index contributed by atoms with van der Waals surface area (Å²) in [4.78, 5) is 21.7. The highest BCUT2D eigenvalue weighted by Crippen LogP contribution is 2.29. The van der Waals surface area contributed by atoms with Crippen LogP contribution in [0.4, 0.5) is 0 Å². The van der Waals surface area contributed by atoms with Gasteiger partial charge in [-0.05, 0) is 22.0 Å². The zero-order chi connectivity index (χ0) is 10.7. The molecule has 0 saturated carbocycles. The molecule has 0 saturated heterocycles. The van der Waals surface area contributed by atoms with E-state index in [2.05, 4.69) is 15.9 Å². The molecular formula is C8H7BrO4S. The average molecular weight is 279 g/mol. The van der Waals surface area contributed by atoms with Crippen molar-refractivity contribution in [3.05, 3.63) is 20.8 Å². The van der Waals surface area contributed by atoms with Gasteiger partial charge in [-0.15, -0.1) is 11.3 Å². The molecule has 1 unspecified atom stereocenters. The summed E-state index contributed by atoms with van der Waals surface area (Å²) in [5.41, 5.74) is 0. The van der Waals surface area contributed by atoms with Gasteiger partial charge in [-0.3, -0.25) is 9.59 Å². The fraction of sp³-hybridized carbons (Fsp3) is 0.250. The van der Waals surface area contributed by atoms with Gasteiger partial charge in [0.25, 0.3) is 0 Å². The lowest BCUT2D eigenvalue weighted by Gasteiger charge is -2.06. The molecule has 0 amide bonds. The molecule has 0 fully saturated rings. The Morgan fingerprint density at radius 2 is 2.14 bits per heavy atom. The van der Waals surface area contributed by atoms with Crippen LogP contribution in [-0.2, 0) is 9.59 Å². The maximum Gasteiger partial charge on any atom is 0.312 e. The quantitative estimate of drug-likeness (QED) is 0.885. The Bertz CT molecular complexity index is 360. The number of aliphatic carboxylic acids is 2. The number of halogens is 1. The molecular weight excluding hydrogens is 272 g/mol. The summed E-state index contributed by atoms with van der Waals surface area (Å²) >= 11 is 4.42. The van der Waals surface area contributed by atoms with Crippen LogP contribution in [-0.4, -0.2) is 22.2 Å². The Hall–Kier alpha value is -0.880. The van der Waals surface area contributed by atoms with Crippen LogP contribution in [0.25, 0.3) is 0 Å². The molecule has 0 aliphatic carbocycles. The molecule has 1 atom stereocenters. The Morgan fingerprint density at radius 1 is 1.50 bits per heavy atom. The minimum absolute atomic E-state index is 0.387. The molecule has 0 aliphatic heterocycles. The Balaban J connectivity index is 2.88. The third-order valence-electron chi connectivity index (χ3n) is 1.61. The number of hydrogen-bond acceptors (Lipinski definition) is 3. The van der Waals surface area contributed by atoms with E-state index in [1.807, 2.05) is 0 Å². The smallest absolute Gasteiger partial charge is 0.312 e. The first-order valence-corrected chi connectivity index (χ1v) is 5.36. The summed E-state index contributed by atoms with van der Waals surface area (Å²) < 4.78 is 0.772. The van der Waals surface area contributed by atoms with Crippen molar-refractivity contribution in [2.75, 3.05) is 0 Å². The molecule has 0 bridgehead atoms. The van der Waals surface area contributed by atoms with Crippen molar-refractivity contribution in [1.82, 2.24) is 0 Å². The Labute approximate surface area is 92.3 Å². The van der Waals surface area contributed by atoms with E-state index in [9.17, 15) is 9.59 Å². The summed E-state index contributed by atoms with van der Waals surface area (Å²) in [6, 6.07) is 1.63. The van der Waals surface area contributed by atoms with Crippen LogP contribution in [0.2, 0.25) is 0 Å². The first-order valence-electron chi connectivity index (χ1n) is 3.69. The molecule has 76 valence electrons. The van der Waals surface area contributed by atoms with Gasteiger partial charge in [-0.2, -0.15) is 0 Å². The number of thiophene rings is 1. The lowest BCUT2D eigenvalue weighted by molar-refractivity contribution is -0.145. The molecule has 1 aromatic rings. The van der Waals surface area contributed by atoms with Crippen molar-refractivity contribution in [3.8, 4) is 0 Å². The second-order valence-corrected chi connectivity index (χ2v) is 4.51. The zero-order valence-corrected chi connectivity index (χ0v) is 9.34. The molecule has 1 rings (SSSR count). The predicted molar refractivity (Wildman–Crippen MR) is 54.6 cm³/mol. The molecule has 14 heavy (non-hydrogen) atoms. The normalized spacial score (nSPS) is 12.4. The molecule has 1 aromatic heterocycles. The van der Waals surface area contributed by atoms with E-state index in [-0.39, 0.29) is 6.42 Å². The van der Waals surface area contributed by atoms with Gasteiger partial charge in [0.15, 0.2) is 0 Å². The van der Waals surface area contributed by atoms with Crippen LogP contribution in [0.3, 0.4) is 0 Å². The summed E-state index contributed by atoms with van der Waals surface area (Å²) in [6.45, 7) is 0. The van der Waals surface area contributed by atoms with Crippen LogP contribution in [0.1, 0.15) is 17.2 Å². The fourth-order valence-electron chi connectivity index (χ4n) is 0.995. The lowest BCUT2D eigenvalue weighted by Crippen LogP contribution is -2.14. The highest BCUT2D eigenvalue weighted by Gasteiger charge is 2.24. The lowest BCUT2D eigenvalue weighted by atomic mass is 10.0. The fourth-order valence-corrected chi connectivity index (χ4v) is 2.53. The van der Waals surface area contributed by atoms with E-state index in [0.717, 1.165) is 4.47 Å².